The first-order valence-corrected chi connectivity index (χ1v) is 5.09. The van der Waals surface area contributed by atoms with Gasteiger partial charge in [-0.1, -0.05) is 13.3 Å². The Bertz CT molecular complexity index is 190. The average molecular weight is 167 g/mol. The van der Waals surface area contributed by atoms with Crippen molar-refractivity contribution in [1.82, 2.24) is 5.32 Å². The fourth-order valence-electron chi connectivity index (χ4n) is 2.73. The molecule has 0 aromatic heterocycles. The SMILES string of the molecule is CCC(=O)N[C@H]1C[C@@H]2CC[C@@H]1C2. The predicted octanol–water partition coefficient (Wildman–Crippen LogP) is 1.70. The van der Waals surface area contributed by atoms with Gasteiger partial charge in [0.2, 0.25) is 5.91 Å². The zero-order chi connectivity index (χ0) is 8.55. The first-order valence-electron chi connectivity index (χ1n) is 5.09. The Morgan fingerprint density at radius 1 is 1.42 bits per heavy atom. The third-order valence-electron chi connectivity index (χ3n) is 3.41. The molecule has 0 aromatic rings. The van der Waals surface area contributed by atoms with E-state index in [0.29, 0.717) is 12.5 Å². The van der Waals surface area contributed by atoms with Gasteiger partial charge in [0.1, 0.15) is 0 Å². The van der Waals surface area contributed by atoms with Crippen LogP contribution in [0.5, 0.6) is 0 Å². The van der Waals surface area contributed by atoms with E-state index >= 15 is 0 Å². The van der Waals surface area contributed by atoms with E-state index in [1.807, 2.05) is 6.92 Å². The zero-order valence-electron chi connectivity index (χ0n) is 7.68. The molecule has 1 amide bonds. The van der Waals surface area contributed by atoms with Crippen LogP contribution in [0.25, 0.3) is 0 Å². The highest BCUT2D eigenvalue weighted by Gasteiger charge is 2.39. The number of carbonyl (C=O) groups is 1. The smallest absolute Gasteiger partial charge is 0.219 e. The summed E-state index contributed by atoms with van der Waals surface area (Å²) in [5.41, 5.74) is 0. The summed E-state index contributed by atoms with van der Waals surface area (Å²) >= 11 is 0. The number of hydrogen-bond donors (Lipinski definition) is 1. The lowest BCUT2D eigenvalue weighted by molar-refractivity contribution is -0.121. The van der Waals surface area contributed by atoms with Crippen LogP contribution < -0.4 is 5.32 Å². The van der Waals surface area contributed by atoms with E-state index < -0.39 is 0 Å². The van der Waals surface area contributed by atoms with Gasteiger partial charge in [-0.25, -0.2) is 0 Å². The third kappa shape index (κ3) is 1.35. The molecule has 12 heavy (non-hydrogen) atoms. The van der Waals surface area contributed by atoms with E-state index in [1.54, 1.807) is 0 Å². The van der Waals surface area contributed by atoms with Crippen molar-refractivity contribution in [3.05, 3.63) is 0 Å². The summed E-state index contributed by atoms with van der Waals surface area (Å²) in [5, 5.41) is 3.12. The molecule has 2 saturated carbocycles. The van der Waals surface area contributed by atoms with E-state index in [-0.39, 0.29) is 5.91 Å². The topological polar surface area (TPSA) is 29.1 Å². The van der Waals surface area contributed by atoms with Gasteiger partial charge in [-0.05, 0) is 31.1 Å². The molecule has 2 rings (SSSR count). The lowest BCUT2D eigenvalue weighted by Gasteiger charge is -2.22. The fourth-order valence-corrected chi connectivity index (χ4v) is 2.73. The average Bonchev–Trinajstić information content (AvgIpc) is 2.64. The second-order valence-corrected chi connectivity index (χ2v) is 4.20. The van der Waals surface area contributed by atoms with Crippen molar-refractivity contribution >= 4 is 5.91 Å². The van der Waals surface area contributed by atoms with Crippen molar-refractivity contribution in [3.63, 3.8) is 0 Å². The van der Waals surface area contributed by atoms with Gasteiger partial charge < -0.3 is 5.32 Å². The molecule has 68 valence electrons. The maximum Gasteiger partial charge on any atom is 0.219 e. The third-order valence-corrected chi connectivity index (χ3v) is 3.41. The molecule has 2 nitrogen and oxygen atoms in total. The lowest BCUT2D eigenvalue weighted by atomic mass is 9.95. The monoisotopic (exact) mass is 167 g/mol. The van der Waals surface area contributed by atoms with Gasteiger partial charge in [0.05, 0.1) is 0 Å². The maximum atomic E-state index is 11.1. The minimum atomic E-state index is 0.229. The Balaban J connectivity index is 1.86. The van der Waals surface area contributed by atoms with Gasteiger partial charge in [-0.15, -0.1) is 0 Å². The van der Waals surface area contributed by atoms with Crippen LogP contribution in [0.4, 0.5) is 0 Å². The second kappa shape index (κ2) is 3.08. The van der Waals surface area contributed by atoms with Crippen LogP contribution in [0.15, 0.2) is 0 Å². The molecule has 0 radical (unpaired) electrons. The Morgan fingerprint density at radius 2 is 2.25 bits per heavy atom. The highest BCUT2D eigenvalue weighted by atomic mass is 16.1. The Hall–Kier alpha value is -0.530. The van der Waals surface area contributed by atoms with Crippen molar-refractivity contribution < 1.29 is 4.79 Å². The summed E-state index contributed by atoms with van der Waals surface area (Å²) in [6.07, 6.45) is 6.00. The van der Waals surface area contributed by atoms with Crippen LogP contribution in [0.1, 0.15) is 39.0 Å². The Kier molecular flexibility index (Phi) is 2.07. The summed E-state index contributed by atoms with van der Waals surface area (Å²) < 4.78 is 0. The molecule has 0 heterocycles. The van der Waals surface area contributed by atoms with E-state index in [0.717, 1.165) is 11.8 Å². The van der Waals surface area contributed by atoms with Crippen LogP contribution in [0.2, 0.25) is 0 Å². The van der Waals surface area contributed by atoms with E-state index in [1.165, 1.54) is 25.7 Å². The van der Waals surface area contributed by atoms with Gasteiger partial charge in [0.25, 0.3) is 0 Å². The number of amides is 1. The lowest BCUT2D eigenvalue weighted by Crippen LogP contribution is -2.37. The number of nitrogens with one attached hydrogen (secondary N) is 1. The van der Waals surface area contributed by atoms with Crippen LogP contribution >= 0.6 is 0 Å². The van der Waals surface area contributed by atoms with Crippen molar-refractivity contribution in [2.75, 3.05) is 0 Å². The molecule has 1 N–H and O–H groups in total. The summed E-state index contributed by atoms with van der Waals surface area (Å²) in [4.78, 5) is 11.1. The van der Waals surface area contributed by atoms with Gasteiger partial charge >= 0.3 is 0 Å². The summed E-state index contributed by atoms with van der Waals surface area (Å²) in [6, 6.07) is 0.524. The first-order chi connectivity index (χ1) is 5.79. The molecule has 2 bridgehead atoms. The van der Waals surface area contributed by atoms with E-state index in [9.17, 15) is 4.79 Å². The first kappa shape index (κ1) is 8.09. The largest absolute Gasteiger partial charge is 0.353 e. The second-order valence-electron chi connectivity index (χ2n) is 4.20. The van der Waals surface area contributed by atoms with Gasteiger partial charge in [0, 0.05) is 12.5 Å². The molecule has 0 saturated heterocycles. The molecular weight excluding hydrogens is 150 g/mol. The maximum absolute atomic E-state index is 11.1. The van der Waals surface area contributed by atoms with Crippen LogP contribution in [-0.2, 0) is 4.79 Å². The van der Waals surface area contributed by atoms with Crippen molar-refractivity contribution in [1.29, 1.82) is 0 Å². The van der Waals surface area contributed by atoms with E-state index in [4.69, 9.17) is 0 Å². The molecule has 2 fully saturated rings. The number of hydrogen-bond acceptors (Lipinski definition) is 1. The summed E-state index contributed by atoms with van der Waals surface area (Å²) in [6.45, 7) is 1.92. The fraction of sp³-hybridized carbons (Fsp3) is 0.900. The minimum Gasteiger partial charge on any atom is -0.353 e. The highest BCUT2D eigenvalue weighted by molar-refractivity contribution is 5.75. The molecule has 2 aliphatic rings. The highest BCUT2D eigenvalue weighted by Crippen LogP contribution is 2.44. The van der Waals surface area contributed by atoms with Crippen LogP contribution in [-0.4, -0.2) is 11.9 Å². The molecule has 0 aliphatic heterocycles. The summed E-state index contributed by atoms with van der Waals surface area (Å²) in [5.74, 6) is 1.97. The van der Waals surface area contributed by atoms with Gasteiger partial charge in [0.15, 0.2) is 0 Å². The zero-order valence-corrected chi connectivity index (χ0v) is 7.68. The molecule has 0 spiro atoms. The van der Waals surface area contributed by atoms with Gasteiger partial charge in [-0.2, -0.15) is 0 Å². The van der Waals surface area contributed by atoms with Crippen molar-refractivity contribution in [2.24, 2.45) is 11.8 Å². The summed E-state index contributed by atoms with van der Waals surface area (Å²) in [7, 11) is 0. The predicted molar refractivity (Wildman–Crippen MR) is 47.7 cm³/mol. The molecule has 0 unspecified atom stereocenters. The molecule has 3 atom stereocenters. The number of carbonyl (C=O) groups excluding carboxylic acids is 1. The van der Waals surface area contributed by atoms with Crippen LogP contribution in [0, 0.1) is 11.8 Å². The van der Waals surface area contributed by atoms with E-state index in [2.05, 4.69) is 5.32 Å². The molecular formula is C10H17NO. The molecule has 0 aromatic carbocycles. The standard InChI is InChI=1S/C10H17NO/c1-2-10(12)11-9-6-7-3-4-8(9)5-7/h7-9H,2-6H2,1H3,(H,11,12)/t7-,8-,9+/m1/s1. The molecule has 2 heteroatoms. The Labute approximate surface area is 73.7 Å². The number of rotatable bonds is 2. The van der Waals surface area contributed by atoms with Crippen molar-refractivity contribution in [3.8, 4) is 0 Å². The molecule has 2 aliphatic carbocycles. The van der Waals surface area contributed by atoms with Gasteiger partial charge in [-0.3, -0.25) is 4.79 Å². The quantitative estimate of drug-likeness (QED) is 0.666. The minimum absolute atomic E-state index is 0.229. The normalized spacial score (nSPS) is 38.6. The van der Waals surface area contributed by atoms with Crippen LogP contribution in [0.3, 0.4) is 0 Å². The van der Waals surface area contributed by atoms with Crippen molar-refractivity contribution in [2.45, 2.75) is 45.1 Å². The number of fused-ring (bicyclic) bond motifs is 2. The Morgan fingerprint density at radius 3 is 2.75 bits per heavy atom.